The lowest BCUT2D eigenvalue weighted by atomic mass is 10.1. The number of nitrogens with zero attached hydrogens (tertiary/aromatic N) is 2. The summed E-state index contributed by atoms with van der Waals surface area (Å²) in [5.74, 6) is 0.664. The molecular weight excluding hydrogens is 266 g/mol. The minimum absolute atomic E-state index is 0.664. The zero-order valence-corrected chi connectivity index (χ0v) is 11.6. The van der Waals surface area contributed by atoms with Crippen molar-refractivity contribution in [2.75, 3.05) is 5.73 Å². The number of halogens is 1. The van der Waals surface area contributed by atoms with Crippen molar-refractivity contribution in [2.45, 2.75) is 13.8 Å². The van der Waals surface area contributed by atoms with Crippen LogP contribution in [0.5, 0.6) is 0 Å². The zero-order valence-electron chi connectivity index (χ0n) is 10.1. The van der Waals surface area contributed by atoms with E-state index in [1.165, 1.54) is 4.88 Å². The Balaban J connectivity index is 2.33. The van der Waals surface area contributed by atoms with Gasteiger partial charge < -0.3 is 5.73 Å². The number of imidazole rings is 1. The number of nitrogens with two attached hydrogens (primary N) is 1. The van der Waals surface area contributed by atoms with Crippen molar-refractivity contribution in [2.24, 2.45) is 0 Å². The molecule has 0 radical (unpaired) electrons. The number of rotatable bonds is 1. The lowest BCUT2D eigenvalue weighted by molar-refractivity contribution is 1.23. The second-order valence-electron chi connectivity index (χ2n) is 4.27. The van der Waals surface area contributed by atoms with Gasteiger partial charge >= 0.3 is 0 Å². The number of fused-ring (bicyclic) bond motifs is 1. The molecule has 0 aliphatic carbocycles. The van der Waals surface area contributed by atoms with Crippen LogP contribution in [0, 0.1) is 13.8 Å². The van der Waals surface area contributed by atoms with Crippen LogP contribution in [0.25, 0.3) is 16.2 Å². The Kier molecular flexibility index (Phi) is 2.57. The summed E-state index contributed by atoms with van der Waals surface area (Å²) in [5, 5.41) is 0.779. The molecule has 0 saturated heterocycles. The largest absolute Gasteiger partial charge is 0.383 e. The van der Waals surface area contributed by atoms with E-state index in [9.17, 15) is 0 Å². The number of nitrogen functional groups attached to an aromatic ring is 1. The van der Waals surface area contributed by atoms with Crippen LogP contribution in [0.1, 0.15) is 10.4 Å². The molecule has 0 fully saturated rings. The zero-order chi connectivity index (χ0) is 12.9. The maximum Gasteiger partial charge on any atom is 0.196 e. The molecule has 0 amide bonds. The first-order valence-electron chi connectivity index (χ1n) is 5.57. The summed E-state index contributed by atoms with van der Waals surface area (Å²) in [5.41, 5.74) is 9.26. The second-order valence-corrected chi connectivity index (χ2v) is 5.86. The van der Waals surface area contributed by atoms with Gasteiger partial charge in [0.15, 0.2) is 4.96 Å². The fraction of sp³-hybridized carbons (Fsp3) is 0.154. The third kappa shape index (κ3) is 1.61. The molecule has 0 aliphatic heterocycles. The van der Waals surface area contributed by atoms with Gasteiger partial charge in [-0.3, -0.25) is 4.40 Å². The lowest BCUT2D eigenvalue weighted by Gasteiger charge is -2.06. The van der Waals surface area contributed by atoms with Crippen molar-refractivity contribution in [3.63, 3.8) is 0 Å². The predicted octanol–water partition coefficient (Wildman–Crippen LogP) is 3.92. The lowest BCUT2D eigenvalue weighted by Crippen LogP contribution is -1.94. The molecule has 1 aromatic carbocycles. The number of aryl methyl sites for hydroxylation is 2. The van der Waals surface area contributed by atoms with E-state index in [0.29, 0.717) is 5.82 Å². The smallest absolute Gasteiger partial charge is 0.196 e. The van der Waals surface area contributed by atoms with Crippen molar-refractivity contribution < 1.29 is 0 Å². The summed E-state index contributed by atoms with van der Waals surface area (Å²) in [6.07, 6.45) is 1.69. The number of benzene rings is 1. The van der Waals surface area contributed by atoms with E-state index in [2.05, 4.69) is 18.0 Å². The standard InChI is InChI=1S/C13H12ClN3S/c1-7-5-9(3-4-10(7)14)12-8(2)18-13-16-6-11(15)17(12)13/h3-6H,15H2,1-2H3. The highest BCUT2D eigenvalue weighted by molar-refractivity contribution is 7.17. The quantitative estimate of drug-likeness (QED) is 0.733. The predicted molar refractivity (Wildman–Crippen MR) is 77.4 cm³/mol. The molecule has 2 heterocycles. The van der Waals surface area contributed by atoms with Crippen molar-refractivity contribution >= 4 is 33.7 Å². The fourth-order valence-corrected chi connectivity index (χ4v) is 3.20. The van der Waals surface area contributed by atoms with E-state index >= 15 is 0 Å². The van der Waals surface area contributed by atoms with Crippen LogP contribution in [0.15, 0.2) is 24.4 Å². The summed E-state index contributed by atoms with van der Waals surface area (Å²) < 4.78 is 1.99. The maximum atomic E-state index is 6.07. The highest BCUT2D eigenvalue weighted by atomic mass is 35.5. The molecule has 0 unspecified atom stereocenters. The number of hydrogen-bond acceptors (Lipinski definition) is 3. The molecule has 3 rings (SSSR count). The molecular formula is C13H12ClN3S. The molecule has 2 aromatic heterocycles. The van der Waals surface area contributed by atoms with E-state index in [1.54, 1.807) is 17.5 Å². The first-order valence-corrected chi connectivity index (χ1v) is 6.76. The molecule has 0 bridgehead atoms. The van der Waals surface area contributed by atoms with Gasteiger partial charge in [0.2, 0.25) is 0 Å². The molecule has 0 atom stereocenters. The van der Waals surface area contributed by atoms with Crippen LogP contribution in [0.4, 0.5) is 5.82 Å². The molecule has 18 heavy (non-hydrogen) atoms. The molecule has 2 N–H and O–H groups in total. The first kappa shape index (κ1) is 11.6. The summed E-state index contributed by atoms with van der Waals surface area (Å²) in [4.78, 5) is 6.42. The molecule has 5 heteroatoms. The molecule has 3 aromatic rings. The number of thiazole rings is 1. The minimum Gasteiger partial charge on any atom is -0.383 e. The second kappa shape index (κ2) is 4.00. The number of aromatic nitrogens is 2. The Bertz CT molecular complexity index is 742. The van der Waals surface area contributed by atoms with E-state index in [0.717, 1.165) is 26.8 Å². The van der Waals surface area contributed by atoms with Gasteiger partial charge in [-0.15, -0.1) is 11.3 Å². The minimum atomic E-state index is 0.664. The van der Waals surface area contributed by atoms with E-state index in [-0.39, 0.29) is 0 Å². The molecule has 0 aliphatic rings. The van der Waals surface area contributed by atoms with E-state index in [4.69, 9.17) is 17.3 Å². The third-order valence-electron chi connectivity index (χ3n) is 2.99. The van der Waals surface area contributed by atoms with Crippen molar-refractivity contribution in [3.05, 3.63) is 39.9 Å². The Labute approximate surface area is 114 Å². The Morgan fingerprint density at radius 1 is 1.33 bits per heavy atom. The normalized spacial score (nSPS) is 11.3. The summed E-state index contributed by atoms with van der Waals surface area (Å²) in [6, 6.07) is 6.02. The van der Waals surface area contributed by atoms with Gasteiger partial charge in [-0.25, -0.2) is 4.98 Å². The SMILES string of the molecule is Cc1cc(-c2c(C)sc3ncc(N)n23)ccc1Cl. The Hall–Kier alpha value is -1.52. The third-order valence-corrected chi connectivity index (χ3v) is 4.38. The summed E-state index contributed by atoms with van der Waals surface area (Å²) in [7, 11) is 0. The van der Waals surface area contributed by atoms with Crippen LogP contribution < -0.4 is 5.73 Å². The van der Waals surface area contributed by atoms with Crippen LogP contribution in [0.3, 0.4) is 0 Å². The number of hydrogen-bond donors (Lipinski definition) is 1. The van der Waals surface area contributed by atoms with E-state index in [1.807, 2.05) is 23.5 Å². The molecule has 3 nitrogen and oxygen atoms in total. The van der Waals surface area contributed by atoms with Crippen molar-refractivity contribution in [1.82, 2.24) is 9.38 Å². The summed E-state index contributed by atoms with van der Waals surface area (Å²) >= 11 is 7.71. The first-order chi connectivity index (χ1) is 8.58. The topological polar surface area (TPSA) is 43.3 Å². The summed E-state index contributed by atoms with van der Waals surface area (Å²) in [6.45, 7) is 4.08. The van der Waals surface area contributed by atoms with Gasteiger partial charge in [-0.05, 0) is 31.5 Å². The maximum absolute atomic E-state index is 6.07. The highest BCUT2D eigenvalue weighted by Crippen LogP contribution is 2.34. The number of anilines is 1. The van der Waals surface area contributed by atoms with Gasteiger partial charge in [0.05, 0.1) is 11.9 Å². The van der Waals surface area contributed by atoms with Gasteiger partial charge in [0.1, 0.15) is 5.82 Å². The Morgan fingerprint density at radius 2 is 2.11 bits per heavy atom. The van der Waals surface area contributed by atoms with Crippen molar-refractivity contribution in [3.8, 4) is 11.3 Å². The van der Waals surface area contributed by atoms with Crippen LogP contribution in [-0.4, -0.2) is 9.38 Å². The average Bonchev–Trinajstić information content (AvgIpc) is 2.83. The van der Waals surface area contributed by atoms with Crippen molar-refractivity contribution in [1.29, 1.82) is 0 Å². The highest BCUT2D eigenvalue weighted by Gasteiger charge is 2.14. The Morgan fingerprint density at radius 3 is 2.83 bits per heavy atom. The van der Waals surface area contributed by atoms with Gasteiger partial charge in [-0.1, -0.05) is 17.7 Å². The fourth-order valence-electron chi connectivity index (χ4n) is 2.11. The van der Waals surface area contributed by atoms with Gasteiger partial charge in [0, 0.05) is 15.5 Å². The molecule has 92 valence electrons. The van der Waals surface area contributed by atoms with Gasteiger partial charge in [0.25, 0.3) is 0 Å². The van der Waals surface area contributed by atoms with Crippen LogP contribution in [0.2, 0.25) is 5.02 Å². The molecule has 0 spiro atoms. The van der Waals surface area contributed by atoms with Crippen LogP contribution in [-0.2, 0) is 0 Å². The molecule has 0 saturated carbocycles. The van der Waals surface area contributed by atoms with E-state index < -0.39 is 0 Å². The van der Waals surface area contributed by atoms with Crippen LogP contribution >= 0.6 is 22.9 Å². The van der Waals surface area contributed by atoms with Gasteiger partial charge in [-0.2, -0.15) is 0 Å². The average molecular weight is 278 g/mol. The monoisotopic (exact) mass is 277 g/mol.